The first-order chi connectivity index (χ1) is 9.74. The van der Waals surface area contributed by atoms with E-state index in [1.54, 1.807) is 0 Å². The molecule has 20 heavy (non-hydrogen) atoms. The van der Waals surface area contributed by atoms with Gasteiger partial charge in [0.05, 0.1) is 0 Å². The van der Waals surface area contributed by atoms with Gasteiger partial charge in [-0.2, -0.15) is 0 Å². The molecule has 2 heterocycles. The molecule has 0 aromatic carbocycles. The third-order valence-corrected chi connectivity index (χ3v) is 3.70. The van der Waals surface area contributed by atoms with Crippen LogP contribution in [0.15, 0.2) is 24.4 Å². The van der Waals surface area contributed by atoms with Gasteiger partial charge in [-0.15, -0.1) is 10.2 Å². The van der Waals surface area contributed by atoms with Crippen molar-refractivity contribution in [2.24, 2.45) is 11.7 Å². The van der Waals surface area contributed by atoms with Gasteiger partial charge in [-0.3, -0.25) is 9.20 Å². The van der Waals surface area contributed by atoms with Crippen LogP contribution < -0.4 is 11.1 Å². The summed E-state index contributed by atoms with van der Waals surface area (Å²) in [4.78, 5) is 11.7. The maximum atomic E-state index is 11.7. The monoisotopic (exact) mass is 273 g/mol. The Morgan fingerprint density at radius 2 is 2.30 bits per heavy atom. The zero-order valence-corrected chi connectivity index (χ0v) is 11.3. The molecule has 0 bridgehead atoms. The van der Waals surface area contributed by atoms with Gasteiger partial charge in [0.25, 0.3) is 0 Å². The molecule has 0 radical (unpaired) electrons. The maximum absolute atomic E-state index is 11.7. The van der Waals surface area contributed by atoms with Gasteiger partial charge in [-0.1, -0.05) is 6.07 Å². The summed E-state index contributed by atoms with van der Waals surface area (Å²) in [6.45, 7) is 0.561. The Balaban J connectivity index is 1.48. The van der Waals surface area contributed by atoms with Crippen LogP contribution >= 0.6 is 0 Å². The van der Waals surface area contributed by atoms with Crippen LogP contribution in [0.25, 0.3) is 5.65 Å². The van der Waals surface area contributed by atoms with Gasteiger partial charge < -0.3 is 11.1 Å². The molecule has 0 aliphatic heterocycles. The quantitative estimate of drug-likeness (QED) is 0.803. The van der Waals surface area contributed by atoms with E-state index in [4.69, 9.17) is 5.73 Å². The smallest absolute Gasteiger partial charge is 0.221 e. The summed E-state index contributed by atoms with van der Waals surface area (Å²) in [7, 11) is 0. The van der Waals surface area contributed by atoms with E-state index in [1.165, 1.54) is 12.8 Å². The van der Waals surface area contributed by atoms with Crippen LogP contribution in [0.3, 0.4) is 0 Å². The molecule has 1 aliphatic carbocycles. The molecular formula is C14H19N5O. The summed E-state index contributed by atoms with van der Waals surface area (Å²) < 4.78 is 1.93. The second-order valence-electron chi connectivity index (χ2n) is 5.35. The van der Waals surface area contributed by atoms with Crippen molar-refractivity contribution in [3.63, 3.8) is 0 Å². The van der Waals surface area contributed by atoms with Crippen molar-refractivity contribution in [1.82, 2.24) is 19.9 Å². The molecule has 3 rings (SSSR count). The summed E-state index contributed by atoms with van der Waals surface area (Å²) in [5.41, 5.74) is 6.76. The summed E-state index contributed by atoms with van der Waals surface area (Å²) >= 11 is 0. The number of carbonyl (C=O) groups excluding carboxylic acids is 1. The first-order valence-electron chi connectivity index (χ1n) is 7.05. The number of amides is 1. The molecule has 2 aromatic rings. The van der Waals surface area contributed by atoms with Gasteiger partial charge in [0.15, 0.2) is 5.65 Å². The van der Waals surface area contributed by atoms with Crippen LogP contribution in [0, 0.1) is 5.92 Å². The predicted molar refractivity (Wildman–Crippen MR) is 75.0 cm³/mol. The number of nitrogens with zero attached hydrogens (tertiary/aromatic N) is 3. The molecule has 1 fully saturated rings. The van der Waals surface area contributed by atoms with Gasteiger partial charge in [-0.05, 0) is 30.9 Å². The molecular weight excluding hydrogens is 254 g/mol. The molecule has 1 saturated carbocycles. The fourth-order valence-electron chi connectivity index (χ4n) is 2.35. The van der Waals surface area contributed by atoms with E-state index in [2.05, 4.69) is 15.5 Å². The van der Waals surface area contributed by atoms with Crippen molar-refractivity contribution in [3.05, 3.63) is 30.2 Å². The minimum absolute atomic E-state index is 0.0175. The number of nitrogens with one attached hydrogen (secondary N) is 1. The summed E-state index contributed by atoms with van der Waals surface area (Å²) in [5.74, 6) is 1.44. The number of hydrogen-bond donors (Lipinski definition) is 2. The fraction of sp³-hybridized carbons (Fsp3) is 0.500. The average Bonchev–Trinajstić information content (AvgIpc) is 3.22. The van der Waals surface area contributed by atoms with Crippen molar-refractivity contribution >= 4 is 11.6 Å². The van der Waals surface area contributed by atoms with E-state index in [0.717, 1.165) is 11.5 Å². The molecule has 0 spiro atoms. The summed E-state index contributed by atoms with van der Waals surface area (Å²) in [6, 6.07) is 5.79. The van der Waals surface area contributed by atoms with Crippen molar-refractivity contribution < 1.29 is 4.79 Å². The fourth-order valence-corrected chi connectivity index (χ4v) is 2.35. The lowest BCUT2D eigenvalue weighted by molar-refractivity contribution is -0.121. The highest BCUT2D eigenvalue weighted by atomic mass is 16.1. The number of pyridine rings is 1. The average molecular weight is 273 g/mol. The van der Waals surface area contributed by atoms with Crippen molar-refractivity contribution in [3.8, 4) is 0 Å². The molecule has 2 aromatic heterocycles. The normalized spacial score (nSPS) is 16.2. The zero-order chi connectivity index (χ0) is 13.9. The molecule has 1 unspecified atom stereocenters. The summed E-state index contributed by atoms with van der Waals surface area (Å²) in [6.07, 6.45) is 5.34. The first-order valence-corrected chi connectivity index (χ1v) is 7.05. The van der Waals surface area contributed by atoms with Crippen LogP contribution in [-0.2, 0) is 11.2 Å². The third kappa shape index (κ3) is 2.96. The zero-order valence-electron chi connectivity index (χ0n) is 11.3. The van der Waals surface area contributed by atoms with Crippen LogP contribution in [-0.4, -0.2) is 33.1 Å². The lowest BCUT2D eigenvalue weighted by Gasteiger charge is -2.10. The Bertz CT molecular complexity index is 604. The highest BCUT2D eigenvalue weighted by molar-refractivity contribution is 5.76. The standard InChI is InChI=1S/C14H19N5O/c15-11(10-4-5-10)9-14(20)16-7-6-13-18-17-12-3-1-2-8-19(12)13/h1-3,8,10-11H,4-7,9,15H2,(H,16,20). The van der Waals surface area contributed by atoms with E-state index < -0.39 is 0 Å². The van der Waals surface area contributed by atoms with Crippen molar-refractivity contribution in [2.45, 2.75) is 31.7 Å². The lowest BCUT2D eigenvalue weighted by atomic mass is 10.1. The largest absolute Gasteiger partial charge is 0.356 e. The summed E-state index contributed by atoms with van der Waals surface area (Å²) in [5, 5.41) is 11.1. The predicted octanol–water partition coefficient (Wildman–Crippen LogP) is 0.515. The number of rotatable bonds is 6. The SMILES string of the molecule is NC(CC(=O)NCCc1nnc2ccccn12)C1CC1. The van der Waals surface area contributed by atoms with Gasteiger partial charge in [0, 0.05) is 31.6 Å². The molecule has 106 valence electrons. The minimum atomic E-state index is 0.0175. The maximum Gasteiger partial charge on any atom is 0.221 e. The van der Waals surface area contributed by atoms with Crippen LogP contribution in [0.2, 0.25) is 0 Å². The Morgan fingerprint density at radius 1 is 1.45 bits per heavy atom. The van der Waals surface area contributed by atoms with Gasteiger partial charge in [0.1, 0.15) is 5.82 Å². The van der Waals surface area contributed by atoms with Gasteiger partial charge in [-0.25, -0.2) is 0 Å². The Hall–Kier alpha value is -1.95. The first kappa shape index (κ1) is 13.1. The van der Waals surface area contributed by atoms with E-state index in [-0.39, 0.29) is 11.9 Å². The van der Waals surface area contributed by atoms with Crippen molar-refractivity contribution in [2.75, 3.05) is 6.54 Å². The Labute approximate surface area is 117 Å². The van der Waals surface area contributed by atoms with E-state index >= 15 is 0 Å². The lowest BCUT2D eigenvalue weighted by Crippen LogP contribution is -2.34. The number of aromatic nitrogens is 3. The third-order valence-electron chi connectivity index (χ3n) is 3.70. The van der Waals surface area contributed by atoms with E-state index in [0.29, 0.717) is 25.3 Å². The number of fused-ring (bicyclic) bond motifs is 1. The van der Waals surface area contributed by atoms with Crippen molar-refractivity contribution in [1.29, 1.82) is 0 Å². The Kier molecular flexibility index (Phi) is 3.64. The molecule has 1 aliphatic rings. The minimum Gasteiger partial charge on any atom is -0.356 e. The highest BCUT2D eigenvalue weighted by Crippen LogP contribution is 2.32. The highest BCUT2D eigenvalue weighted by Gasteiger charge is 2.29. The molecule has 6 heteroatoms. The van der Waals surface area contributed by atoms with E-state index in [9.17, 15) is 4.79 Å². The second kappa shape index (κ2) is 5.58. The molecule has 1 atom stereocenters. The second-order valence-corrected chi connectivity index (χ2v) is 5.35. The van der Waals surface area contributed by atoms with Gasteiger partial charge >= 0.3 is 0 Å². The molecule has 3 N–H and O–H groups in total. The molecule has 1 amide bonds. The van der Waals surface area contributed by atoms with Gasteiger partial charge in [0.2, 0.25) is 5.91 Å². The van der Waals surface area contributed by atoms with E-state index in [1.807, 2.05) is 28.8 Å². The number of nitrogens with two attached hydrogens (primary N) is 1. The molecule has 6 nitrogen and oxygen atoms in total. The number of carbonyl (C=O) groups is 1. The molecule has 0 saturated heterocycles. The number of hydrogen-bond acceptors (Lipinski definition) is 4. The van der Waals surface area contributed by atoms with Crippen LogP contribution in [0.5, 0.6) is 0 Å². The topological polar surface area (TPSA) is 85.3 Å². The Morgan fingerprint density at radius 3 is 3.10 bits per heavy atom. The van der Waals surface area contributed by atoms with Crippen LogP contribution in [0.1, 0.15) is 25.1 Å². The van der Waals surface area contributed by atoms with Crippen LogP contribution in [0.4, 0.5) is 0 Å².